The summed E-state index contributed by atoms with van der Waals surface area (Å²) in [6, 6.07) is 11.8. The highest BCUT2D eigenvalue weighted by molar-refractivity contribution is 7.80. The van der Waals surface area contributed by atoms with Crippen LogP contribution in [-0.2, 0) is 0 Å². The Balaban J connectivity index is 1.71. The number of thiocarbonyl (C=S) groups is 1. The highest BCUT2D eigenvalue weighted by Gasteiger charge is 2.11. The number of hydrogen-bond donors (Lipinski definition) is 2. The van der Waals surface area contributed by atoms with Crippen LogP contribution < -0.4 is 15.5 Å². The Morgan fingerprint density at radius 2 is 2.11 bits per heavy atom. The molecule has 0 spiro atoms. The fourth-order valence-corrected chi connectivity index (χ4v) is 2.75. The van der Waals surface area contributed by atoms with Gasteiger partial charge in [0.15, 0.2) is 22.2 Å². The number of ether oxygens (including phenoxy) is 1. The normalized spacial score (nSPS) is 11.5. The molecule has 1 heterocycles. The maximum absolute atomic E-state index is 13.2. The van der Waals surface area contributed by atoms with Crippen molar-refractivity contribution in [2.45, 2.75) is 13.8 Å². The number of fused-ring (bicyclic) bond motifs is 1. The predicted molar refractivity (Wildman–Crippen MR) is 110 cm³/mol. The summed E-state index contributed by atoms with van der Waals surface area (Å²) >= 11 is 10.9. The number of hydrazone groups is 1. The number of anilines is 1. The van der Waals surface area contributed by atoms with Crippen LogP contribution in [0.3, 0.4) is 0 Å². The summed E-state index contributed by atoms with van der Waals surface area (Å²) in [6.07, 6.45) is 0. The summed E-state index contributed by atoms with van der Waals surface area (Å²) in [7, 11) is 0. The molecule has 0 unspecified atom stereocenters. The van der Waals surface area contributed by atoms with Crippen LogP contribution in [0.5, 0.6) is 5.75 Å². The van der Waals surface area contributed by atoms with Gasteiger partial charge in [-0.3, -0.25) is 5.43 Å². The minimum absolute atomic E-state index is 0.00913. The lowest BCUT2D eigenvalue weighted by molar-refractivity contribution is 0.338. The van der Waals surface area contributed by atoms with Gasteiger partial charge in [0.25, 0.3) is 0 Å². The summed E-state index contributed by atoms with van der Waals surface area (Å²) in [5.74, 6) is 0.788. The van der Waals surface area contributed by atoms with E-state index in [1.54, 1.807) is 6.92 Å². The van der Waals surface area contributed by atoms with Crippen molar-refractivity contribution in [1.29, 1.82) is 0 Å². The quantitative estimate of drug-likeness (QED) is 0.341. The van der Waals surface area contributed by atoms with Crippen molar-refractivity contribution >= 4 is 51.3 Å². The average Bonchev–Trinajstić information content (AvgIpc) is 3.08. The molecule has 0 aliphatic rings. The molecule has 0 saturated carbocycles. The second kappa shape index (κ2) is 8.37. The number of rotatable bonds is 5. The fourth-order valence-electron chi connectivity index (χ4n) is 2.41. The molecule has 3 aromatic rings. The molecule has 0 aliphatic heterocycles. The van der Waals surface area contributed by atoms with Crippen LogP contribution in [0.4, 0.5) is 10.1 Å². The van der Waals surface area contributed by atoms with Gasteiger partial charge in [-0.15, -0.1) is 0 Å². The Kier molecular flexibility index (Phi) is 5.93. The first kappa shape index (κ1) is 19.1. The van der Waals surface area contributed by atoms with Crippen molar-refractivity contribution < 1.29 is 13.5 Å². The molecule has 0 fully saturated rings. The Labute approximate surface area is 166 Å². The number of halogens is 2. The zero-order valence-electron chi connectivity index (χ0n) is 14.7. The molecule has 8 heteroatoms. The summed E-state index contributed by atoms with van der Waals surface area (Å²) in [5.41, 5.74) is 4.56. The molecule has 3 rings (SSSR count). The van der Waals surface area contributed by atoms with Crippen molar-refractivity contribution in [3.8, 4) is 5.75 Å². The van der Waals surface area contributed by atoms with Gasteiger partial charge in [0.05, 0.1) is 11.6 Å². The van der Waals surface area contributed by atoms with Crippen LogP contribution in [0.2, 0.25) is 5.02 Å². The lowest BCUT2D eigenvalue weighted by Crippen LogP contribution is -2.24. The van der Waals surface area contributed by atoms with Crippen molar-refractivity contribution in [2.24, 2.45) is 5.10 Å². The highest BCUT2D eigenvalue weighted by atomic mass is 35.5. The molecular formula is C19H17ClFN3O2S. The van der Waals surface area contributed by atoms with Crippen molar-refractivity contribution in [2.75, 3.05) is 11.9 Å². The minimum Gasteiger partial charge on any atom is -0.490 e. The van der Waals surface area contributed by atoms with E-state index in [2.05, 4.69) is 15.8 Å². The van der Waals surface area contributed by atoms with Crippen LogP contribution in [0.25, 0.3) is 11.0 Å². The molecule has 5 nitrogen and oxygen atoms in total. The fraction of sp³-hybridized carbons (Fsp3) is 0.158. The van der Waals surface area contributed by atoms with E-state index in [-0.39, 0.29) is 10.1 Å². The topological polar surface area (TPSA) is 58.8 Å². The number of benzene rings is 2. The standard InChI is InChI=1S/C19H17ClFN3O2S/c1-3-25-16-6-4-5-12-9-17(26-18(12)16)11(2)23-24-19(27)22-13-7-8-15(21)14(20)10-13/h4-10H,3H2,1-2H3,(H2,22,24,27)/b23-11+. The monoisotopic (exact) mass is 405 g/mol. The lowest BCUT2D eigenvalue weighted by Gasteiger charge is -2.08. The highest BCUT2D eigenvalue weighted by Crippen LogP contribution is 2.29. The first-order chi connectivity index (χ1) is 13.0. The van der Waals surface area contributed by atoms with Gasteiger partial charge >= 0.3 is 0 Å². The van der Waals surface area contributed by atoms with Gasteiger partial charge in [-0.25, -0.2) is 4.39 Å². The number of furan rings is 1. The van der Waals surface area contributed by atoms with Crippen LogP contribution in [0, 0.1) is 5.82 Å². The maximum Gasteiger partial charge on any atom is 0.191 e. The van der Waals surface area contributed by atoms with Gasteiger partial charge in [-0.2, -0.15) is 5.10 Å². The Morgan fingerprint density at radius 3 is 2.85 bits per heavy atom. The number of nitrogens with one attached hydrogen (secondary N) is 2. The zero-order chi connectivity index (χ0) is 19.4. The van der Waals surface area contributed by atoms with Gasteiger partial charge in [0.1, 0.15) is 11.5 Å². The van der Waals surface area contributed by atoms with Crippen LogP contribution in [-0.4, -0.2) is 17.4 Å². The summed E-state index contributed by atoms with van der Waals surface area (Å²) in [6.45, 7) is 4.26. The minimum atomic E-state index is -0.494. The van der Waals surface area contributed by atoms with Gasteiger partial charge in [-0.1, -0.05) is 23.7 Å². The van der Waals surface area contributed by atoms with Crippen molar-refractivity contribution in [3.05, 3.63) is 59.1 Å². The molecule has 0 atom stereocenters. The van der Waals surface area contributed by atoms with E-state index in [0.29, 0.717) is 35.1 Å². The molecule has 0 amide bonds. The maximum atomic E-state index is 13.2. The van der Waals surface area contributed by atoms with E-state index in [0.717, 1.165) is 5.39 Å². The molecule has 1 aromatic heterocycles. The SMILES string of the molecule is CCOc1cccc2cc(/C(C)=N/NC(=S)Nc3ccc(F)c(Cl)c3)oc12. The van der Waals surface area contributed by atoms with Crippen LogP contribution in [0.15, 0.2) is 52.0 Å². The molecule has 0 radical (unpaired) electrons. The van der Waals surface area contributed by atoms with E-state index >= 15 is 0 Å². The first-order valence-electron chi connectivity index (χ1n) is 8.20. The molecule has 0 saturated heterocycles. The average molecular weight is 406 g/mol. The van der Waals surface area contributed by atoms with Crippen LogP contribution in [0.1, 0.15) is 19.6 Å². The summed E-state index contributed by atoms with van der Waals surface area (Å²) in [4.78, 5) is 0. The number of para-hydroxylation sites is 1. The second-order valence-electron chi connectivity index (χ2n) is 5.61. The second-order valence-corrected chi connectivity index (χ2v) is 6.43. The molecule has 2 N–H and O–H groups in total. The Hall–Kier alpha value is -2.64. The number of nitrogens with zero attached hydrogens (tertiary/aromatic N) is 1. The van der Waals surface area contributed by atoms with E-state index in [1.807, 2.05) is 31.2 Å². The van der Waals surface area contributed by atoms with Gasteiger partial charge in [0.2, 0.25) is 0 Å². The first-order valence-corrected chi connectivity index (χ1v) is 8.98. The Morgan fingerprint density at radius 1 is 1.30 bits per heavy atom. The van der Waals surface area contributed by atoms with E-state index in [9.17, 15) is 4.39 Å². The summed E-state index contributed by atoms with van der Waals surface area (Å²) < 4.78 is 24.6. The third kappa shape index (κ3) is 4.56. The van der Waals surface area contributed by atoms with Crippen molar-refractivity contribution in [3.63, 3.8) is 0 Å². The molecule has 2 aromatic carbocycles. The molecule has 140 valence electrons. The van der Waals surface area contributed by atoms with E-state index in [1.165, 1.54) is 18.2 Å². The molecule has 27 heavy (non-hydrogen) atoms. The smallest absolute Gasteiger partial charge is 0.191 e. The zero-order valence-corrected chi connectivity index (χ0v) is 16.2. The van der Waals surface area contributed by atoms with Gasteiger partial charge < -0.3 is 14.5 Å². The Bertz CT molecular complexity index is 1020. The number of hydrogen-bond acceptors (Lipinski definition) is 4. The van der Waals surface area contributed by atoms with Crippen molar-refractivity contribution in [1.82, 2.24) is 5.43 Å². The third-order valence-electron chi connectivity index (χ3n) is 3.67. The third-order valence-corrected chi connectivity index (χ3v) is 4.15. The van der Waals surface area contributed by atoms with E-state index in [4.69, 9.17) is 33.0 Å². The lowest BCUT2D eigenvalue weighted by atomic mass is 10.2. The van der Waals surface area contributed by atoms with Gasteiger partial charge in [0, 0.05) is 11.1 Å². The van der Waals surface area contributed by atoms with E-state index < -0.39 is 5.82 Å². The molecular weight excluding hydrogens is 389 g/mol. The molecule has 0 aliphatic carbocycles. The van der Waals surface area contributed by atoms with Gasteiger partial charge in [-0.05, 0) is 56.4 Å². The summed E-state index contributed by atoms with van der Waals surface area (Å²) in [5, 5.41) is 8.27. The largest absolute Gasteiger partial charge is 0.490 e. The molecule has 0 bridgehead atoms. The predicted octanol–water partition coefficient (Wildman–Crippen LogP) is 5.33. The van der Waals surface area contributed by atoms with Crippen LogP contribution >= 0.6 is 23.8 Å².